The molecular formula is C16H17ClO3. The summed E-state index contributed by atoms with van der Waals surface area (Å²) in [6, 6.07) is 6.64. The van der Waals surface area contributed by atoms with Gasteiger partial charge in [-0.25, -0.2) is 0 Å². The Hall–Kier alpha value is -1.61. The molecule has 1 aromatic rings. The molecule has 1 aliphatic rings. The molecule has 0 radical (unpaired) electrons. The number of carbonyl (C=O) groups is 2. The van der Waals surface area contributed by atoms with Crippen molar-refractivity contribution < 1.29 is 14.3 Å². The molecule has 1 aromatic carbocycles. The summed E-state index contributed by atoms with van der Waals surface area (Å²) in [6.07, 6.45) is 0.768. The number of hydrogen-bond acceptors (Lipinski definition) is 3. The van der Waals surface area contributed by atoms with Crippen LogP contribution in [0.5, 0.6) is 0 Å². The molecule has 0 aromatic heterocycles. The molecule has 0 bridgehead atoms. The third kappa shape index (κ3) is 2.93. The second-order valence-corrected chi connectivity index (χ2v) is 6.38. The van der Waals surface area contributed by atoms with Gasteiger partial charge in [-0.1, -0.05) is 56.6 Å². The Balaban J connectivity index is 2.24. The average molecular weight is 293 g/mol. The first-order valence-corrected chi connectivity index (χ1v) is 6.90. The van der Waals surface area contributed by atoms with Crippen molar-refractivity contribution in [1.29, 1.82) is 0 Å². The van der Waals surface area contributed by atoms with E-state index in [4.69, 9.17) is 16.3 Å². The third-order valence-electron chi connectivity index (χ3n) is 3.12. The highest BCUT2D eigenvalue weighted by Crippen LogP contribution is 2.29. The summed E-state index contributed by atoms with van der Waals surface area (Å²) < 4.78 is 5.49. The molecule has 0 saturated carbocycles. The summed E-state index contributed by atoms with van der Waals surface area (Å²) in [7, 11) is 0. The Morgan fingerprint density at radius 2 is 1.60 bits per heavy atom. The van der Waals surface area contributed by atoms with Crippen LogP contribution < -0.4 is 0 Å². The second-order valence-electron chi connectivity index (χ2n) is 6.01. The number of halogens is 1. The van der Waals surface area contributed by atoms with Crippen LogP contribution in [0.25, 0.3) is 0 Å². The van der Waals surface area contributed by atoms with Crippen LogP contribution in [0.2, 0.25) is 0 Å². The van der Waals surface area contributed by atoms with E-state index < -0.39 is 0 Å². The van der Waals surface area contributed by atoms with E-state index in [0.29, 0.717) is 17.7 Å². The minimum atomic E-state index is -0.354. The van der Waals surface area contributed by atoms with Gasteiger partial charge >= 0.3 is 0 Å². The zero-order valence-corrected chi connectivity index (χ0v) is 12.6. The van der Waals surface area contributed by atoms with Gasteiger partial charge in [0.1, 0.15) is 5.03 Å². The van der Waals surface area contributed by atoms with Crippen molar-refractivity contribution in [2.75, 3.05) is 6.61 Å². The first-order valence-electron chi connectivity index (χ1n) is 6.52. The highest BCUT2D eigenvalue weighted by molar-refractivity contribution is 6.49. The van der Waals surface area contributed by atoms with Gasteiger partial charge in [0.25, 0.3) is 0 Å². The fourth-order valence-corrected chi connectivity index (χ4v) is 2.15. The minimum absolute atomic E-state index is 0.0281. The maximum atomic E-state index is 12.3. The SMILES string of the molecule is CC(C)(C)CCOC1=C(Cl)C(=O)c2ccccc2C1=O. The summed E-state index contributed by atoms with van der Waals surface area (Å²) >= 11 is 5.99. The number of ether oxygens (including phenoxy) is 1. The minimum Gasteiger partial charge on any atom is -0.488 e. The zero-order chi connectivity index (χ0) is 14.9. The van der Waals surface area contributed by atoms with Crippen molar-refractivity contribution in [2.45, 2.75) is 27.2 Å². The van der Waals surface area contributed by atoms with E-state index >= 15 is 0 Å². The van der Waals surface area contributed by atoms with E-state index in [2.05, 4.69) is 20.8 Å². The predicted molar refractivity (Wildman–Crippen MR) is 78.0 cm³/mol. The summed E-state index contributed by atoms with van der Waals surface area (Å²) in [4.78, 5) is 24.4. The molecule has 0 amide bonds. The summed E-state index contributed by atoms with van der Waals surface area (Å²) in [5.41, 5.74) is 0.783. The van der Waals surface area contributed by atoms with Gasteiger partial charge in [-0.05, 0) is 11.8 Å². The number of ketones is 2. The zero-order valence-electron chi connectivity index (χ0n) is 11.8. The smallest absolute Gasteiger partial charge is 0.230 e. The molecule has 0 unspecified atom stereocenters. The molecule has 106 valence electrons. The third-order valence-corrected chi connectivity index (χ3v) is 3.46. The quantitative estimate of drug-likeness (QED) is 0.846. The number of allylic oxidation sites excluding steroid dienone is 2. The number of benzene rings is 1. The van der Waals surface area contributed by atoms with E-state index in [0.717, 1.165) is 6.42 Å². The van der Waals surface area contributed by atoms with Crippen LogP contribution in [0.3, 0.4) is 0 Å². The van der Waals surface area contributed by atoms with E-state index in [1.54, 1.807) is 24.3 Å². The van der Waals surface area contributed by atoms with E-state index in [9.17, 15) is 9.59 Å². The van der Waals surface area contributed by atoms with Crippen LogP contribution in [0.4, 0.5) is 0 Å². The van der Waals surface area contributed by atoms with Crippen molar-refractivity contribution in [3.05, 3.63) is 46.2 Å². The summed E-state index contributed by atoms with van der Waals surface area (Å²) in [6.45, 7) is 6.59. The Kier molecular flexibility index (Phi) is 4.00. The number of Topliss-reactive ketones (excluding diaryl/α,β-unsaturated/α-hetero) is 2. The first kappa shape index (κ1) is 14.8. The topological polar surface area (TPSA) is 43.4 Å². The fraction of sp³-hybridized carbons (Fsp3) is 0.375. The van der Waals surface area contributed by atoms with Crippen molar-refractivity contribution in [3.8, 4) is 0 Å². The standard InChI is InChI=1S/C16H17ClO3/c1-16(2,3)8-9-20-15-12(17)13(18)10-6-4-5-7-11(10)14(15)19/h4-7H,8-9H2,1-3H3. The number of hydrogen-bond donors (Lipinski definition) is 0. The molecule has 0 atom stereocenters. The predicted octanol–water partition coefficient (Wildman–Crippen LogP) is 3.97. The molecule has 0 spiro atoms. The number of fused-ring (bicyclic) bond motifs is 1. The highest BCUT2D eigenvalue weighted by atomic mass is 35.5. The second kappa shape index (κ2) is 5.41. The van der Waals surface area contributed by atoms with Crippen molar-refractivity contribution >= 4 is 23.2 Å². The lowest BCUT2D eigenvalue weighted by molar-refractivity contribution is 0.0855. The van der Waals surface area contributed by atoms with E-state index in [1.165, 1.54) is 0 Å². The molecule has 0 fully saturated rings. The van der Waals surface area contributed by atoms with Gasteiger partial charge in [0, 0.05) is 11.1 Å². The highest BCUT2D eigenvalue weighted by Gasteiger charge is 2.32. The van der Waals surface area contributed by atoms with Crippen LogP contribution in [-0.4, -0.2) is 18.2 Å². The fourth-order valence-electron chi connectivity index (χ4n) is 1.91. The van der Waals surface area contributed by atoms with Gasteiger partial charge in [0.2, 0.25) is 11.6 Å². The largest absolute Gasteiger partial charge is 0.488 e. The Morgan fingerprint density at radius 3 is 2.15 bits per heavy atom. The molecule has 0 aliphatic heterocycles. The molecule has 2 rings (SSSR count). The molecule has 0 saturated heterocycles. The van der Waals surface area contributed by atoms with Crippen LogP contribution in [0.1, 0.15) is 47.9 Å². The van der Waals surface area contributed by atoms with Gasteiger partial charge < -0.3 is 4.74 Å². The maximum absolute atomic E-state index is 12.3. The number of rotatable bonds is 3. The molecule has 20 heavy (non-hydrogen) atoms. The lowest BCUT2D eigenvalue weighted by Gasteiger charge is -2.21. The van der Waals surface area contributed by atoms with E-state index in [-0.39, 0.29) is 27.8 Å². The molecular weight excluding hydrogens is 276 g/mol. The van der Waals surface area contributed by atoms with Crippen LogP contribution >= 0.6 is 11.6 Å². The Labute approximate surface area is 123 Å². The monoisotopic (exact) mass is 292 g/mol. The van der Waals surface area contributed by atoms with Crippen LogP contribution in [-0.2, 0) is 4.74 Å². The van der Waals surface area contributed by atoms with Crippen molar-refractivity contribution in [1.82, 2.24) is 0 Å². The summed E-state index contributed by atoms with van der Waals surface area (Å²) in [5, 5.41) is -0.123. The van der Waals surface area contributed by atoms with Gasteiger partial charge in [-0.15, -0.1) is 0 Å². The van der Waals surface area contributed by atoms with Gasteiger partial charge in [0.05, 0.1) is 6.61 Å². The lowest BCUT2D eigenvalue weighted by Crippen LogP contribution is -2.22. The molecule has 0 heterocycles. The normalized spacial score (nSPS) is 15.4. The van der Waals surface area contributed by atoms with Crippen LogP contribution in [0, 0.1) is 5.41 Å². The molecule has 1 aliphatic carbocycles. The maximum Gasteiger partial charge on any atom is 0.230 e. The Bertz CT molecular complexity index is 594. The van der Waals surface area contributed by atoms with Crippen LogP contribution in [0.15, 0.2) is 35.1 Å². The van der Waals surface area contributed by atoms with Gasteiger partial charge in [-0.2, -0.15) is 0 Å². The number of carbonyl (C=O) groups excluding carboxylic acids is 2. The van der Waals surface area contributed by atoms with Crippen molar-refractivity contribution in [3.63, 3.8) is 0 Å². The molecule has 3 nitrogen and oxygen atoms in total. The Morgan fingerprint density at radius 1 is 1.05 bits per heavy atom. The first-order chi connectivity index (χ1) is 9.31. The molecule has 0 N–H and O–H groups in total. The molecule has 4 heteroatoms. The van der Waals surface area contributed by atoms with Gasteiger partial charge in [-0.3, -0.25) is 9.59 Å². The van der Waals surface area contributed by atoms with Gasteiger partial charge in [0.15, 0.2) is 5.76 Å². The van der Waals surface area contributed by atoms with Crippen molar-refractivity contribution in [2.24, 2.45) is 5.41 Å². The van der Waals surface area contributed by atoms with E-state index in [1.807, 2.05) is 0 Å². The average Bonchev–Trinajstić information content (AvgIpc) is 2.39. The lowest BCUT2D eigenvalue weighted by atomic mass is 9.92. The summed E-state index contributed by atoms with van der Waals surface area (Å²) in [5.74, 6) is -0.702.